The van der Waals surface area contributed by atoms with E-state index in [1.165, 1.54) is 24.5 Å². The maximum Gasteiger partial charge on any atom is 0.0349 e. The Morgan fingerprint density at radius 2 is 2.36 bits per heavy atom. The number of rotatable bonds is 3. The number of hydrogen-bond acceptors (Lipinski definition) is 2. The Morgan fingerprint density at radius 1 is 1.55 bits per heavy atom. The molecular formula is C8H17N2S. The molecule has 0 spiro atoms. The summed E-state index contributed by atoms with van der Waals surface area (Å²) in [5, 5.41) is 4.55. The maximum atomic E-state index is 4.55. The van der Waals surface area contributed by atoms with E-state index in [9.17, 15) is 0 Å². The van der Waals surface area contributed by atoms with Gasteiger partial charge in [-0.05, 0) is 27.1 Å². The molecule has 1 fully saturated rings. The third-order valence-electron chi connectivity index (χ3n) is 1.84. The van der Waals surface area contributed by atoms with Crippen molar-refractivity contribution in [1.82, 2.24) is 10.2 Å². The molecule has 0 saturated carbocycles. The van der Waals surface area contributed by atoms with Crippen LogP contribution in [0.4, 0.5) is 0 Å². The van der Waals surface area contributed by atoms with Gasteiger partial charge in [-0.25, -0.2) is 5.32 Å². The zero-order valence-corrected chi connectivity index (χ0v) is 8.23. The van der Waals surface area contributed by atoms with Crippen molar-refractivity contribution >= 4 is 11.8 Å². The second-order valence-corrected chi connectivity index (χ2v) is 4.38. The third kappa shape index (κ3) is 3.99. The monoisotopic (exact) mass is 173 g/mol. The molecule has 0 aromatic carbocycles. The van der Waals surface area contributed by atoms with Crippen LogP contribution in [-0.2, 0) is 0 Å². The minimum atomic E-state index is 0.635. The Hall–Kier alpha value is 0.270. The van der Waals surface area contributed by atoms with E-state index in [0.717, 1.165) is 6.54 Å². The maximum absolute atomic E-state index is 4.55. The molecule has 0 N–H and O–H groups in total. The largest absolute Gasteiger partial charge is 0.309 e. The summed E-state index contributed by atoms with van der Waals surface area (Å²) in [7, 11) is 4.24. The van der Waals surface area contributed by atoms with E-state index in [4.69, 9.17) is 0 Å². The summed E-state index contributed by atoms with van der Waals surface area (Å²) in [5.41, 5.74) is 0. The molecule has 1 aliphatic heterocycles. The van der Waals surface area contributed by atoms with Gasteiger partial charge in [-0.15, -0.1) is 0 Å². The van der Waals surface area contributed by atoms with Gasteiger partial charge in [-0.1, -0.05) is 0 Å². The van der Waals surface area contributed by atoms with E-state index in [2.05, 4.69) is 24.3 Å². The highest BCUT2D eigenvalue weighted by Gasteiger charge is 2.13. The summed E-state index contributed by atoms with van der Waals surface area (Å²) in [6, 6.07) is 0.635. The Labute approximate surface area is 73.7 Å². The summed E-state index contributed by atoms with van der Waals surface area (Å²) in [6.45, 7) is 2.25. The average molecular weight is 173 g/mol. The third-order valence-corrected chi connectivity index (χ3v) is 2.93. The van der Waals surface area contributed by atoms with Crippen molar-refractivity contribution in [3.8, 4) is 0 Å². The smallest absolute Gasteiger partial charge is 0.0349 e. The van der Waals surface area contributed by atoms with Gasteiger partial charge in [0.25, 0.3) is 0 Å². The first-order chi connectivity index (χ1) is 5.29. The molecule has 1 atom stereocenters. The predicted octanol–water partition coefficient (Wildman–Crippen LogP) is 0.658. The van der Waals surface area contributed by atoms with Gasteiger partial charge in [-0.2, -0.15) is 11.8 Å². The van der Waals surface area contributed by atoms with E-state index in [0.29, 0.717) is 6.04 Å². The van der Waals surface area contributed by atoms with Crippen molar-refractivity contribution in [2.24, 2.45) is 0 Å². The van der Waals surface area contributed by atoms with E-state index >= 15 is 0 Å². The Balaban J connectivity index is 2.05. The Bertz CT molecular complexity index is 100. The SMILES string of the molecule is CN(C)CCC1CSCC[N]1. The summed E-state index contributed by atoms with van der Waals surface area (Å²) < 4.78 is 0. The molecule has 0 bridgehead atoms. The lowest BCUT2D eigenvalue weighted by Gasteiger charge is -2.22. The standard InChI is InChI=1S/C8H17N2S/c1-10(2)5-3-8-7-11-6-4-9-8/h8H,3-7H2,1-2H3. The highest BCUT2D eigenvalue weighted by atomic mass is 32.2. The summed E-state index contributed by atoms with van der Waals surface area (Å²) in [4.78, 5) is 2.23. The molecule has 1 saturated heterocycles. The molecule has 1 heterocycles. The van der Waals surface area contributed by atoms with Gasteiger partial charge in [-0.3, -0.25) is 0 Å². The van der Waals surface area contributed by atoms with Crippen LogP contribution in [0.15, 0.2) is 0 Å². The first-order valence-corrected chi connectivity index (χ1v) is 5.33. The quantitative estimate of drug-likeness (QED) is 0.624. The fraction of sp³-hybridized carbons (Fsp3) is 1.00. The van der Waals surface area contributed by atoms with Crippen molar-refractivity contribution in [2.75, 3.05) is 38.7 Å². The highest BCUT2D eigenvalue weighted by Crippen LogP contribution is 2.11. The van der Waals surface area contributed by atoms with Crippen molar-refractivity contribution < 1.29 is 0 Å². The first kappa shape index (κ1) is 9.36. The minimum absolute atomic E-state index is 0.635. The molecule has 65 valence electrons. The van der Waals surface area contributed by atoms with Crippen LogP contribution in [-0.4, -0.2) is 49.6 Å². The molecule has 2 nitrogen and oxygen atoms in total. The van der Waals surface area contributed by atoms with E-state index in [-0.39, 0.29) is 0 Å². The molecule has 11 heavy (non-hydrogen) atoms. The second kappa shape index (κ2) is 5.01. The van der Waals surface area contributed by atoms with Crippen LogP contribution in [0.3, 0.4) is 0 Å². The van der Waals surface area contributed by atoms with Gasteiger partial charge >= 0.3 is 0 Å². The zero-order chi connectivity index (χ0) is 8.10. The van der Waals surface area contributed by atoms with E-state index in [1.807, 2.05) is 11.8 Å². The lowest BCUT2D eigenvalue weighted by Crippen LogP contribution is -2.34. The lowest BCUT2D eigenvalue weighted by atomic mass is 10.2. The molecule has 1 rings (SSSR count). The summed E-state index contributed by atoms with van der Waals surface area (Å²) in [5.74, 6) is 2.48. The normalized spacial score (nSPS) is 25.9. The van der Waals surface area contributed by atoms with Crippen LogP contribution in [0, 0.1) is 0 Å². The summed E-state index contributed by atoms with van der Waals surface area (Å²) in [6.07, 6.45) is 1.24. The van der Waals surface area contributed by atoms with Crippen LogP contribution in [0.25, 0.3) is 0 Å². The van der Waals surface area contributed by atoms with Gasteiger partial charge in [0.15, 0.2) is 0 Å². The molecule has 0 aromatic heterocycles. The van der Waals surface area contributed by atoms with Gasteiger partial charge in [0.1, 0.15) is 0 Å². The highest BCUT2D eigenvalue weighted by molar-refractivity contribution is 7.99. The predicted molar refractivity (Wildman–Crippen MR) is 51.3 cm³/mol. The molecule has 1 radical (unpaired) electrons. The van der Waals surface area contributed by atoms with Crippen molar-refractivity contribution in [1.29, 1.82) is 0 Å². The molecule has 3 heteroatoms. The van der Waals surface area contributed by atoms with Crippen molar-refractivity contribution in [3.63, 3.8) is 0 Å². The molecule has 1 unspecified atom stereocenters. The molecule has 1 aliphatic rings. The second-order valence-electron chi connectivity index (χ2n) is 3.23. The molecule has 0 aliphatic carbocycles. The van der Waals surface area contributed by atoms with Crippen molar-refractivity contribution in [2.45, 2.75) is 12.5 Å². The number of nitrogens with zero attached hydrogens (tertiary/aromatic N) is 2. The fourth-order valence-corrected chi connectivity index (χ4v) is 2.10. The van der Waals surface area contributed by atoms with Crippen LogP contribution in [0.5, 0.6) is 0 Å². The minimum Gasteiger partial charge on any atom is -0.309 e. The fourth-order valence-electron chi connectivity index (χ4n) is 1.15. The Kier molecular flexibility index (Phi) is 4.26. The average Bonchev–Trinajstić information content (AvgIpc) is 2.03. The van der Waals surface area contributed by atoms with E-state index in [1.54, 1.807) is 0 Å². The zero-order valence-electron chi connectivity index (χ0n) is 7.42. The number of hydrogen-bond donors (Lipinski definition) is 0. The summed E-state index contributed by atoms with van der Waals surface area (Å²) >= 11 is 2.04. The van der Waals surface area contributed by atoms with Gasteiger partial charge in [0, 0.05) is 24.1 Å². The topological polar surface area (TPSA) is 17.3 Å². The van der Waals surface area contributed by atoms with Crippen LogP contribution in [0.2, 0.25) is 0 Å². The molecule has 0 aromatic rings. The number of thioether (sulfide) groups is 1. The molecular weight excluding hydrogens is 156 g/mol. The van der Waals surface area contributed by atoms with Crippen molar-refractivity contribution in [3.05, 3.63) is 0 Å². The van der Waals surface area contributed by atoms with Crippen LogP contribution < -0.4 is 5.32 Å². The van der Waals surface area contributed by atoms with Gasteiger partial charge in [0.05, 0.1) is 0 Å². The van der Waals surface area contributed by atoms with Crippen LogP contribution in [0.1, 0.15) is 6.42 Å². The van der Waals surface area contributed by atoms with Gasteiger partial charge in [0.2, 0.25) is 0 Å². The Morgan fingerprint density at radius 3 is 2.91 bits per heavy atom. The van der Waals surface area contributed by atoms with E-state index < -0.39 is 0 Å². The molecule has 0 amide bonds. The van der Waals surface area contributed by atoms with Crippen LogP contribution >= 0.6 is 11.8 Å². The van der Waals surface area contributed by atoms with Gasteiger partial charge < -0.3 is 4.90 Å². The lowest BCUT2D eigenvalue weighted by molar-refractivity contribution is 0.366. The first-order valence-electron chi connectivity index (χ1n) is 4.18.